The van der Waals surface area contributed by atoms with Gasteiger partial charge in [-0.15, -0.1) is 11.3 Å². The summed E-state index contributed by atoms with van der Waals surface area (Å²) >= 11 is 1.78. The van der Waals surface area contributed by atoms with Crippen LogP contribution in [0.3, 0.4) is 0 Å². The van der Waals surface area contributed by atoms with Gasteiger partial charge < -0.3 is 15.5 Å². The summed E-state index contributed by atoms with van der Waals surface area (Å²) in [5.74, 6) is 1.72. The Morgan fingerprint density at radius 2 is 1.81 bits per heavy atom. The fourth-order valence-corrected chi connectivity index (χ4v) is 5.70. The summed E-state index contributed by atoms with van der Waals surface area (Å²) in [7, 11) is 2.20. The highest BCUT2D eigenvalue weighted by Crippen LogP contribution is 2.51. The van der Waals surface area contributed by atoms with E-state index in [0.29, 0.717) is 17.8 Å². The van der Waals surface area contributed by atoms with Crippen LogP contribution < -0.4 is 10.6 Å². The summed E-state index contributed by atoms with van der Waals surface area (Å²) in [6.45, 7) is 2.28. The van der Waals surface area contributed by atoms with Gasteiger partial charge in [-0.2, -0.15) is 0 Å². The van der Waals surface area contributed by atoms with E-state index in [1.165, 1.54) is 17.5 Å². The van der Waals surface area contributed by atoms with E-state index < -0.39 is 0 Å². The molecule has 0 bridgehead atoms. The summed E-state index contributed by atoms with van der Waals surface area (Å²) in [5, 5.41) is 1.13. The topological polar surface area (TPSA) is 71.2 Å². The third kappa shape index (κ3) is 2.90. The smallest absolute Gasteiger partial charge is 0.227 e. The van der Waals surface area contributed by atoms with Crippen LogP contribution in [0.25, 0.3) is 10.2 Å². The van der Waals surface area contributed by atoms with Crippen molar-refractivity contribution in [2.45, 2.75) is 25.0 Å². The van der Waals surface area contributed by atoms with Crippen LogP contribution in [0.2, 0.25) is 0 Å². The number of aromatic nitrogens is 3. The number of rotatable bonds is 3. The average Bonchev–Trinajstić information content (AvgIpc) is 3.12. The van der Waals surface area contributed by atoms with Crippen molar-refractivity contribution in [3.05, 3.63) is 47.7 Å². The van der Waals surface area contributed by atoms with E-state index in [4.69, 9.17) is 10.7 Å². The molecule has 27 heavy (non-hydrogen) atoms. The van der Waals surface area contributed by atoms with Gasteiger partial charge in [-0.1, -0.05) is 12.1 Å². The second-order valence-electron chi connectivity index (χ2n) is 7.63. The van der Waals surface area contributed by atoms with Crippen LogP contribution >= 0.6 is 11.3 Å². The third-order valence-electron chi connectivity index (χ3n) is 6.03. The monoisotopic (exact) mass is 380 g/mol. The lowest BCUT2D eigenvalue weighted by atomic mass is 9.72. The molecule has 140 valence electrons. The number of hydrogen-bond acceptors (Lipinski definition) is 7. The maximum Gasteiger partial charge on any atom is 0.227 e. The van der Waals surface area contributed by atoms with E-state index in [2.05, 4.69) is 45.0 Å². The predicted octanol–water partition coefficient (Wildman–Crippen LogP) is 2.89. The summed E-state index contributed by atoms with van der Waals surface area (Å²) in [6, 6.07) is 10.3. The molecule has 4 heterocycles. The van der Waals surface area contributed by atoms with Crippen molar-refractivity contribution in [2.24, 2.45) is 17.6 Å². The Hall–Kier alpha value is -2.09. The molecule has 2 N–H and O–H groups in total. The van der Waals surface area contributed by atoms with E-state index in [-0.39, 0.29) is 12.2 Å². The van der Waals surface area contributed by atoms with Gasteiger partial charge in [0.25, 0.3) is 0 Å². The van der Waals surface area contributed by atoms with Crippen LogP contribution in [-0.2, 0) is 0 Å². The quantitative estimate of drug-likeness (QED) is 0.753. The van der Waals surface area contributed by atoms with Gasteiger partial charge in [-0.3, -0.25) is 0 Å². The molecule has 0 spiro atoms. The van der Waals surface area contributed by atoms with Gasteiger partial charge >= 0.3 is 0 Å². The van der Waals surface area contributed by atoms with Crippen molar-refractivity contribution in [1.82, 2.24) is 19.9 Å². The van der Waals surface area contributed by atoms with E-state index in [1.54, 1.807) is 23.7 Å². The van der Waals surface area contributed by atoms with Gasteiger partial charge in [0.05, 0.1) is 22.4 Å². The number of thiazole rings is 1. The number of hydrogen-bond donors (Lipinski definition) is 1. The highest BCUT2D eigenvalue weighted by Gasteiger charge is 2.53. The number of benzene rings is 1. The lowest BCUT2D eigenvalue weighted by Crippen LogP contribution is -2.66. The zero-order chi connectivity index (χ0) is 18.4. The molecule has 3 unspecified atom stereocenters. The zero-order valence-corrected chi connectivity index (χ0v) is 16.2. The number of nitrogens with zero attached hydrogens (tertiary/aromatic N) is 5. The van der Waals surface area contributed by atoms with Gasteiger partial charge in [-0.05, 0) is 57.1 Å². The van der Waals surface area contributed by atoms with Crippen molar-refractivity contribution < 1.29 is 0 Å². The van der Waals surface area contributed by atoms with E-state index in [9.17, 15) is 0 Å². The molecule has 2 aliphatic rings. The number of anilines is 1. The van der Waals surface area contributed by atoms with Crippen LogP contribution in [0.15, 0.2) is 42.7 Å². The first-order chi connectivity index (χ1) is 13.2. The van der Waals surface area contributed by atoms with E-state index >= 15 is 0 Å². The SMILES string of the molecule is CN1CCC(C2C(N)N(c3ncccn3)C2c2nc3ccccc3s2)CC1. The fraction of sp³-hybridized carbons (Fsp3) is 0.450. The predicted molar refractivity (Wildman–Crippen MR) is 109 cm³/mol. The molecule has 2 aliphatic heterocycles. The first kappa shape index (κ1) is 17.0. The number of fused-ring (bicyclic) bond motifs is 1. The van der Waals surface area contributed by atoms with Gasteiger partial charge in [-0.25, -0.2) is 15.0 Å². The minimum absolute atomic E-state index is 0.0576. The van der Waals surface area contributed by atoms with Crippen molar-refractivity contribution in [3.8, 4) is 0 Å². The molecule has 3 aromatic rings. The van der Waals surface area contributed by atoms with Crippen LogP contribution in [0.5, 0.6) is 0 Å². The lowest BCUT2D eigenvalue weighted by molar-refractivity contribution is 0.0774. The molecule has 1 aromatic carbocycles. The number of likely N-dealkylation sites (tertiary alicyclic amines) is 1. The molecule has 6 nitrogen and oxygen atoms in total. The molecule has 0 radical (unpaired) electrons. The lowest BCUT2D eigenvalue weighted by Gasteiger charge is -2.56. The maximum atomic E-state index is 6.70. The Balaban J connectivity index is 1.52. The first-order valence-corrected chi connectivity index (χ1v) is 10.4. The van der Waals surface area contributed by atoms with Crippen molar-refractivity contribution >= 4 is 27.5 Å². The Labute approximate surface area is 163 Å². The van der Waals surface area contributed by atoms with Crippen molar-refractivity contribution in [2.75, 3.05) is 25.0 Å². The second-order valence-corrected chi connectivity index (χ2v) is 8.69. The Kier molecular flexibility index (Phi) is 4.30. The number of piperidine rings is 1. The normalized spacial score (nSPS) is 27.0. The minimum Gasteiger partial charge on any atom is -0.315 e. The van der Waals surface area contributed by atoms with Crippen molar-refractivity contribution in [3.63, 3.8) is 0 Å². The molecular formula is C20H24N6S. The Morgan fingerprint density at radius 3 is 2.56 bits per heavy atom. The molecule has 2 saturated heterocycles. The van der Waals surface area contributed by atoms with E-state index in [1.807, 2.05) is 12.1 Å². The molecule has 7 heteroatoms. The van der Waals surface area contributed by atoms with Gasteiger partial charge in [0, 0.05) is 18.3 Å². The van der Waals surface area contributed by atoms with Crippen LogP contribution in [-0.4, -0.2) is 46.2 Å². The molecule has 3 atom stereocenters. The third-order valence-corrected chi connectivity index (χ3v) is 7.14. The fourth-order valence-electron chi connectivity index (χ4n) is 4.57. The number of nitrogens with two attached hydrogens (primary N) is 1. The Bertz CT molecular complexity index is 887. The highest BCUT2D eigenvalue weighted by atomic mass is 32.1. The molecular weight excluding hydrogens is 356 g/mol. The van der Waals surface area contributed by atoms with Crippen molar-refractivity contribution in [1.29, 1.82) is 0 Å². The number of para-hydroxylation sites is 1. The Morgan fingerprint density at radius 1 is 1.07 bits per heavy atom. The van der Waals surface area contributed by atoms with Gasteiger partial charge in [0.1, 0.15) is 5.01 Å². The van der Waals surface area contributed by atoms with Crippen LogP contribution in [0, 0.1) is 11.8 Å². The standard InChI is InChI=1S/C20H24N6S/c1-25-11-7-13(8-12-25)16-17(19-24-14-5-2-3-6-15(14)27-19)26(18(16)21)20-22-9-4-10-23-20/h2-6,9-10,13,16-18H,7-8,11-12,21H2,1H3. The van der Waals surface area contributed by atoms with Gasteiger partial charge in [0.2, 0.25) is 5.95 Å². The zero-order valence-electron chi connectivity index (χ0n) is 15.4. The molecule has 5 rings (SSSR count). The molecule has 0 aliphatic carbocycles. The second kappa shape index (κ2) is 6.82. The maximum absolute atomic E-state index is 6.70. The first-order valence-electron chi connectivity index (χ1n) is 9.57. The summed E-state index contributed by atoms with van der Waals surface area (Å²) in [4.78, 5) is 18.5. The average molecular weight is 381 g/mol. The summed E-state index contributed by atoms with van der Waals surface area (Å²) in [6.07, 6.45) is 5.90. The molecule has 0 saturated carbocycles. The minimum atomic E-state index is -0.0576. The molecule has 0 amide bonds. The van der Waals surface area contributed by atoms with E-state index in [0.717, 1.165) is 23.6 Å². The van der Waals surface area contributed by atoms with Crippen LogP contribution in [0.4, 0.5) is 5.95 Å². The summed E-state index contributed by atoms with van der Waals surface area (Å²) < 4.78 is 1.23. The summed E-state index contributed by atoms with van der Waals surface area (Å²) in [5.41, 5.74) is 7.76. The largest absolute Gasteiger partial charge is 0.315 e. The highest BCUT2D eigenvalue weighted by molar-refractivity contribution is 7.18. The molecule has 2 aromatic heterocycles. The van der Waals surface area contributed by atoms with Crippen LogP contribution in [0.1, 0.15) is 23.9 Å². The molecule has 2 fully saturated rings. The van der Waals surface area contributed by atoms with Gasteiger partial charge in [0.15, 0.2) is 0 Å².